The Bertz CT molecular complexity index is 519. The molecule has 0 spiro atoms. The fraction of sp³-hybridized carbons (Fsp3) is 0.286. The molecule has 6 nitrogen and oxygen atoms in total. The van der Waals surface area contributed by atoms with Crippen LogP contribution in [0.3, 0.4) is 0 Å². The van der Waals surface area contributed by atoms with Crippen molar-refractivity contribution in [3.8, 4) is 18.1 Å². The molecule has 2 amide bonds. The zero-order chi connectivity index (χ0) is 15.1. The molecule has 1 atom stereocenters. The van der Waals surface area contributed by atoms with Crippen molar-refractivity contribution in [3.05, 3.63) is 24.3 Å². The summed E-state index contributed by atoms with van der Waals surface area (Å²) in [6, 6.07) is 4.86. The lowest BCUT2D eigenvalue weighted by molar-refractivity contribution is -0.135. The van der Waals surface area contributed by atoms with Crippen LogP contribution >= 0.6 is 0 Å². The molecule has 1 unspecified atom stereocenters. The van der Waals surface area contributed by atoms with Crippen molar-refractivity contribution >= 4 is 17.7 Å². The summed E-state index contributed by atoms with van der Waals surface area (Å²) in [6.45, 7) is 1.24. The fourth-order valence-corrected chi connectivity index (χ4v) is 1.56. The molecule has 0 aliphatic heterocycles. The summed E-state index contributed by atoms with van der Waals surface area (Å²) < 4.78 is 0. The minimum Gasteiger partial charge on any atom is -0.508 e. The number of amides is 2. The van der Waals surface area contributed by atoms with Gasteiger partial charge in [-0.15, -0.1) is 12.3 Å². The average Bonchev–Trinajstić information content (AvgIpc) is 2.37. The second kappa shape index (κ2) is 7.04. The maximum Gasteiger partial charge on any atom is 0.323 e. The molecule has 3 N–H and O–H groups in total. The lowest BCUT2D eigenvalue weighted by atomic mass is 10.2. The first-order valence-electron chi connectivity index (χ1n) is 5.96. The molecule has 0 radical (unpaired) electrons. The number of anilines is 1. The van der Waals surface area contributed by atoms with E-state index in [4.69, 9.17) is 11.5 Å². The van der Waals surface area contributed by atoms with Gasteiger partial charge in [0.05, 0.1) is 0 Å². The van der Waals surface area contributed by atoms with E-state index in [0.717, 1.165) is 4.90 Å². The highest BCUT2D eigenvalue weighted by Crippen LogP contribution is 2.18. The smallest absolute Gasteiger partial charge is 0.323 e. The number of phenols is 1. The second-order valence-electron chi connectivity index (χ2n) is 4.26. The van der Waals surface area contributed by atoms with E-state index in [1.54, 1.807) is 6.92 Å². The van der Waals surface area contributed by atoms with Gasteiger partial charge in [-0.1, -0.05) is 0 Å². The van der Waals surface area contributed by atoms with E-state index in [9.17, 15) is 14.7 Å². The van der Waals surface area contributed by atoms with Crippen molar-refractivity contribution in [3.63, 3.8) is 0 Å². The normalized spacial score (nSPS) is 11.2. The number of aliphatic carboxylic acids is 1. The highest BCUT2D eigenvalue weighted by Gasteiger charge is 2.20. The predicted octanol–water partition coefficient (Wildman–Crippen LogP) is 1.40. The summed E-state index contributed by atoms with van der Waals surface area (Å²) in [5, 5.41) is 20.7. The van der Waals surface area contributed by atoms with Crippen LogP contribution in [0.15, 0.2) is 24.3 Å². The second-order valence-corrected chi connectivity index (χ2v) is 4.26. The number of nitrogens with zero attached hydrogens (tertiary/aromatic N) is 1. The van der Waals surface area contributed by atoms with Crippen LogP contribution < -0.4 is 10.2 Å². The van der Waals surface area contributed by atoms with E-state index < -0.39 is 18.5 Å². The van der Waals surface area contributed by atoms with E-state index >= 15 is 0 Å². The van der Waals surface area contributed by atoms with Gasteiger partial charge in [0.25, 0.3) is 0 Å². The van der Waals surface area contributed by atoms with Crippen molar-refractivity contribution in [2.75, 3.05) is 11.4 Å². The maximum atomic E-state index is 12.1. The van der Waals surface area contributed by atoms with Crippen LogP contribution in [0, 0.1) is 12.3 Å². The van der Waals surface area contributed by atoms with Gasteiger partial charge >= 0.3 is 12.0 Å². The summed E-state index contributed by atoms with van der Waals surface area (Å²) in [7, 11) is 0. The zero-order valence-electron chi connectivity index (χ0n) is 11.0. The fourth-order valence-electron chi connectivity index (χ4n) is 1.56. The van der Waals surface area contributed by atoms with Crippen LogP contribution in [0.25, 0.3) is 0 Å². The molecule has 20 heavy (non-hydrogen) atoms. The number of hydrogen-bond acceptors (Lipinski definition) is 3. The molecule has 0 aliphatic rings. The highest BCUT2D eigenvalue weighted by atomic mass is 16.4. The quantitative estimate of drug-likeness (QED) is 0.709. The highest BCUT2D eigenvalue weighted by molar-refractivity contribution is 5.96. The van der Waals surface area contributed by atoms with Gasteiger partial charge < -0.3 is 15.5 Å². The van der Waals surface area contributed by atoms with Crippen LogP contribution in [-0.2, 0) is 4.79 Å². The lowest BCUT2D eigenvalue weighted by Crippen LogP contribution is -2.46. The molecule has 1 aromatic carbocycles. The van der Waals surface area contributed by atoms with Crippen molar-refractivity contribution in [1.82, 2.24) is 5.32 Å². The molecular weight excluding hydrogens is 260 g/mol. The number of phenolic OH excluding ortho intramolecular Hbond substituents is 1. The van der Waals surface area contributed by atoms with Crippen LogP contribution in [0.4, 0.5) is 10.5 Å². The molecule has 1 aromatic rings. The van der Waals surface area contributed by atoms with Crippen LogP contribution in [0.1, 0.15) is 13.3 Å². The third kappa shape index (κ3) is 4.53. The maximum absolute atomic E-state index is 12.1. The Morgan fingerprint density at radius 2 is 2.00 bits per heavy atom. The number of carboxylic acid groups (broad SMARTS) is 1. The number of terminal acetylenes is 1. The number of nitrogens with one attached hydrogen (secondary N) is 1. The number of carboxylic acids is 1. The monoisotopic (exact) mass is 276 g/mol. The third-order valence-corrected chi connectivity index (χ3v) is 2.49. The Morgan fingerprint density at radius 1 is 1.40 bits per heavy atom. The molecule has 6 heteroatoms. The van der Waals surface area contributed by atoms with Crippen LogP contribution in [-0.4, -0.2) is 34.8 Å². The average molecular weight is 276 g/mol. The molecule has 0 bridgehead atoms. The number of carbonyl (C=O) groups is 2. The lowest BCUT2D eigenvalue weighted by Gasteiger charge is -2.23. The molecule has 1 rings (SSSR count). The van der Waals surface area contributed by atoms with Crippen molar-refractivity contribution in [2.24, 2.45) is 0 Å². The molecular formula is C14H16N2O4. The van der Waals surface area contributed by atoms with Gasteiger partial charge in [0.2, 0.25) is 0 Å². The van der Waals surface area contributed by atoms with Gasteiger partial charge in [0.1, 0.15) is 12.3 Å². The first-order chi connectivity index (χ1) is 9.43. The summed E-state index contributed by atoms with van der Waals surface area (Å²) >= 11 is 0. The van der Waals surface area contributed by atoms with Gasteiger partial charge in [0.15, 0.2) is 0 Å². The molecule has 0 saturated carbocycles. The Balaban J connectivity index is 2.89. The van der Waals surface area contributed by atoms with Gasteiger partial charge in [-0.3, -0.25) is 9.69 Å². The van der Waals surface area contributed by atoms with Crippen LogP contribution in [0.5, 0.6) is 5.75 Å². The number of carbonyl (C=O) groups excluding carboxylic acids is 1. The van der Waals surface area contributed by atoms with Crippen molar-refractivity contribution in [1.29, 1.82) is 0 Å². The molecule has 0 saturated heterocycles. The standard InChI is InChI=1S/C14H16N2O4/c1-3-4-10(2)15-14(20)16(9-13(18)19)11-5-7-12(17)8-6-11/h1,5-8,10,17H,4,9H2,2H3,(H,15,20)(H,18,19). The molecule has 0 aromatic heterocycles. The Morgan fingerprint density at radius 3 is 2.50 bits per heavy atom. The first-order valence-corrected chi connectivity index (χ1v) is 5.96. The number of rotatable bonds is 5. The Kier molecular flexibility index (Phi) is 5.42. The van der Waals surface area contributed by atoms with E-state index in [1.807, 2.05) is 0 Å². The van der Waals surface area contributed by atoms with Gasteiger partial charge in [-0.25, -0.2) is 4.79 Å². The van der Waals surface area contributed by atoms with Gasteiger partial charge in [0, 0.05) is 18.2 Å². The number of aromatic hydroxyl groups is 1. The summed E-state index contributed by atoms with van der Waals surface area (Å²) in [4.78, 5) is 24.0. The number of hydrogen-bond donors (Lipinski definition) is 3. The predicted molar refractivity (Wildman–Crippen MR) is 74.5 cm³/mol. The number of benzene rings is 1. The van der Waals surface area contributed by atoms with E-state index in [2.05, 4.69) is 11.2 Å². The van der Waals surface area contributed by atoms with Gasteiger partial charge in [-0.2, -0.15) is 0 Å². The van der Waals surface area contributed by atoms with E-state index in [1.165, 1.54) is 24.3 Å². The largest absolute Gasteiger partial charge is 0.508 e. The molecule has 0 heterocycles. The van der Waals surface area contributed by atoms with Crippen molar-refractivity contribution < 1.29 is 19.8 Å². The summed E-state index contributed by atoms with van der Waals surface area (Å²) in [5.74, 6) is 1.31. The minimum absolute atomic E-state index is 0.0325. The molecule has 0 fully saturated rings. The Labute approximate surface area is 117 Å². The molecule has 106 valence electrons. The van der Waals surface area contributed by atoms with Gasteiger partial charge in [-0.05, 0) is 31.2 Å². The van der Waals surface area contributed by atoms with Crippen LogP contribution in [0.2, 0.25) is 0 Å². The molecule has 0 aliphatic carbocycles. The summed E-state index contributed by atoms with van der Waals surface area (Å²) in [6.07, 6.45) is 5.50. The van der Waals surface area contributed by atoms with Crippen molar-refractivity contribution in [2.45, 2.75) is 19.4 Å². The Hall–Kier alpha value is -2.68. The topological polar surface area (TPSA) is 89.9 Å². The first kappa shape index (κ1) is 15.4. The zero-order valence-corrected chi connectivity index (χ0v) is 11.0. The third-order valence-electron chi connectivity index (χ3n) is 2.49. The number of urea groups is 1. The minimum atomic E-state index is -1.14. The SMILES string of the molecule is C#CCC(C)NC(=O)N(CC(=O)O)c1ccc(O)cc1. The van der Waals surface area contributed by atoms with E-state index in [-0.39, 0.29) is 11.8 Å². The summed E-state index contributed by atoms with van der Waals surface area (Å²) in [5.41, 5.74) is 0.371. The van der Waals surface area contributed by atoms with E-state index in [0.29, 0.717) is 12.1 Å².